The van der Waals surface area contributed by atoms with Crippen LogP contribution in [-0.2, 0) is 20.7 Å². The van der Waals surface area contributed by atoms with Gasteiger partial charge in [-0.15, -0.1) is 0 Å². The molecule has 3 aromatic rings. The van der Waals surface area contributed by atoms with Gasteiger partial charge in [-0.05, 0) is 54.8 Å². The maximum absolute atomic E-state index is 12.9. The zero-order valence-electron chi connectivity index (χ0n) is 20.8. The highest BCUT2D eigenvalue weighted by atomic mass is 35.5. The lowest BCUT2D eigenvalue weighted by molar-refractivity contribution is -0.139. The molecule has 0 saturated heterocycles. The highest BCUT2D eigenvalue weighted by molar-refractivity contribution is 6.30. The first-order valence-corrected chi connectivity index (χ1v) is 12.4. The zero-order chi connectivity index (χ0) is 26.6. The van der Waals surface area contributed by atoms with Crippen molar-refractivity contribution in [3.8, 4) is 5.75 Å². The lowest BCUT2D eigenvalue weighted by Gasteiger charge is -2.22. The Morgan fingerprint density at radius 1 is 0.838 bits per heavy atom. The van der Waals surface area contributed by atoms with Crippen molar-refractivity contribution >= 4 is 29.6 Å². The summed E-state index contributed by atoms with van der Waals surface area (Å²) in [6.45, 7) is 3.71. The third kappa shape index (κ3) is 9.28. The molecule has 0 saturated carbocycles. The van der Waals surface area contributed by atoms with Gasteiger partial charge in [-0.25, -0.2) is 9.59 Å². The Kier molecular flexibility index (Phi) is 10.5. The average molecular weight is 524 g/mol. The Bertz CT molecular complexity index is 1150. The first kappa shape index (κ1) is 27.7. The summed E-state index contributed by atoms with van der Waals surface area (Å²) < 4.78 is 16.3. The SMILES string of the molecule is CC(C)C(OC(=O)NCCC(Cc1ccccc1)C(=O)Oc1ccc(Cl)cc1)OC(=O)c1ccccc1. The average Bonchev–Trinajstić information content (AvgIpc) is 2.90. The Morgan fingerprint density at radius 2 is 1.46 bits per heavy atom. The van der Waals surface area contributed by atoms with E-state index in [2.05, 4.69) is 5.32 Å². The molecule has 194 valence electrons. The summed E-state index contributed by atoms with van der Waals surface area (Å²) in [6, 6.07) is 24.6. The number of halogens is 1. The number of rotatable bonds is 11. The van der Waals surface area contributed by atoms with E-state index in [9.17, 15) is 14.4 Å². The molecule has 1 amide bonds. The summed E-state index contributed by atoms with van der Waals surface area (Å²) in [4.78, 5) is 37.8. The highest BCUT2D eigenvalue weighted by Gasteiger charge is 2.25. The molecular weight excluding hydrogens is 494 g/mol. The predicted octanol–water partition coefficient (Wildman–Crippen LogP) is 6.06. The molecule has 0 aromatic heterocycles. The van der Waals surface area contributed by atoms with E-state index in [1.807, 2.05) is 30.3 Å². The van der Waals surface area contributed by atoms with Gasteiger partial charge in [0.25, 0.3) is 6.29 Å². The van der Waals surface area contributed by atoms with E-state index >= 15 is 0 Å². The Labute approximate surface area is 221 Å². The summed E-state index contributed by atoms with van der Waals surface area (Å²) in [5.41, 5.74) is 1.33. The van der Waals surface area contributed by atoms with Gasteiger partial charge >= 0.3 is 18.0 Å². The van der Waals surface area contributed by atoms with Crippen LogP contribution in [0.1, 0.15) is 36.2 Å². The number of hydrogen-bond acceptors (Lipinski definition) is 6. The van der Waals surface area contributed by atoms with Gasteiger partial charge in [0, 0.05) is 17.5 Å². The molecule has 0 spiro atoms. The number of hydrogen-bond donors (Lipinski definition) is 1. The van der Waals surface area contributed by atoms with Crippen LogP contribution >= 0.6 is 11.6 Å². The molecule has 0 bridgehead atoms. The summed E-state index contributed by atoms with van der Waals surface area (Å²) in [6.07, 6.45) is -1.06. The molecule has 0 aliphatic carbocycles. The standard InChI is InChI=1S/C29H30ClNO6/c1-20(2)28(36-26(32)22-11-7-4-8-12-22)37-29(34)31-18-17-23(19-21-9-5-3-6-10-21)27(33)35-25-15-13-24(30)14-16-25/h3-16,20,23,28H,17-19H2,1-2H3,(H,31,34). The summed E-state index contributed by atoms with van der Waals surface area (Å²) in [5.74, 6) is -1.40. The van der Waals surface area contributed by atoms with Crippen molar-refractivity contribution < 1.29 is 28.6 Å². The van der Waals surface area contributed by atoms with Crippen molar-refractivity contribution in [3.05, 3.63) is 101 Å². The Balaban J connectivity index is 1.56. The van der Waals surface area contributed by atoms with Gasteiger partial charge in [-0.2, -0.15) is 0 Å². The molecule has 3 aromatic carbocycles. The number of carbonyl (C=O) groups excluding carboxylic acids is 3. The van der Waals surface area contributed by atoms with Crippen molar-refractivity contribution in [2.24, 2.45) is 11.8 Å². The highest BCUT2D eigenvalue weighted by Crippen LogP contribution is 2.20. The summed E-state index contributed by atoms with van der Waals surface area (Å²) in [5, 5.41) is 3.19. The number of benzene rings is 3. The van der Waals surface area contributed by atoms with Gasteiger partial charge in [0.2, 0.25) is 0 Å². The van der Waals surface area contributed by atoms with E-state index in [0.717, 1.165) is 5.56 Å². The number of carbonyl (C=O) groups is 3. The van der Waals surface area contributed by atoms with Gasteiger partial charge in [0.05, 0.1) is 11.5 Å². The zero-order valence-corrected chi connectivity index (χ0v) is 21.5. The summed E-state index contributed by atoms with van der Waals surface area (Å²) in [7, 11) is 0. The molecule has 0 radical (unpaired) electrons. The molecule has 37 heavy (non-hydrogen) atoms. The van der Waals surface area contributed by atoms with Crippen LogP contribution in [0.15, 0.2) is 84.9 Å². The minimum atomic E-state index is -1.07. The smallest absolute Gasteiger partial charge is 0.410 e. The third-order valence-corrected chi connectivity index (χ3v) is 5.70. The molecule has 1 N–H and O–H groups in total. The van der Waals surface area contributed by atoms with Gasteiger partial charge in [0.15, 0.2) is 0 Å². The second-order valence-corrected chi connectivity index (χ2v) is 9.20. The molecule has 2 unspecified atom stereocenters. The molecular formula is C29H30ClNO6. The fourth-order valence-electron chi connectivity index (χ4n) is 3.44. The molecule has 3 rings (SSSR count). The number of amides is 1. The molecule has 0 fully saturated rings. The monoisotopic (exact) mass is 523 g/mol. The van der Waals surface area contributed by atoms with E-state index in [1.54, 1.807) is 68.4 Å². The maximum atomic E-state index is 12.9. The maximum Gasteiger partial charge on any atom is 0.410 e. The second-order valence-electron chi connectivity index (χ2n) is 8.77. The van der Waals surface area contributed by atoms with Crippen LogP contribution in [0.2, 0.25) is 5.02 Å². The van der Waals surface area contributed by atoms with Crippen LogP contribution in [0.3, 0.4) is 0 Å². The second kappa shape index (κ2) is 14.0. The number of ether oxygens (including phenoxy) is 3. The lowest BCUT2D eigenvalue weighted by atomic mass is 9.96. The van der Waals surface area contributed by atoms with Crippen LogP contribution < -0.4 is 10.1 Å². The van der Waals surface area contributed by atoms with Crippen LogP contribution in [0.4, 0.5) is 4.79 Å². The number of esters is 2. The minimum Gasteiger partial charge on any atom is -0.426 e. The van der Waals surface area contributed by atoms with E-state index in [-0.39, 0.29) is 12.5 Å². The van der Waals surface area contributed by atoms with Crippen LogP contribution in [-0.4, -0.2) is 30.9 Å². The predicted molar refractivity (Wildman–Crippen MR) is 140 cm³/mol. The van der Waals surface area contributed by atoms with Gasteiger partial charge < -0.3 is 19.5 Å². The van der Waals surface area contributed by atoms with Crippen LogP contribution in [0, 0.1) is 11.8 Å². The van der Waals surface area contributed by atoms with Gasteiger partial charge in [-0.1, -0.05) is 74.0 Å². The topological polar surface area (TPSA) is 90.9 Å². The van der Waals surface area contributed by atoms with Crippen molar-refractivity contribution in [1.29, 1.82) is 0 Å². The molecule has 8 heteroatoms. The van der Waals surface area contributed by atoms with Crippen molar-refractivity contribution in [2.45, 2.75) is 33.0 Å². The van der Waals surface area contributed by atoms with E-state index < -0.39 is 30.2 Å². The normalized spacial score (nSPS) is 12.3. The van der Waals surface area contributed by atoms with Crippen molar-refractivity contribution in [1.82, 2.24) is 5.32 Å². The number of alkyl carbamates (subject to hydrolysis) is 1. The van der Waals surface area contributed by atoms with Crippen molar-refractivity contribution in [3.63, 3.8) is 0 Å². The van der Waals surface area contributed by atoms with E-state index in [1.165, 1.54) is 0 Å². The lowest BCUT2D eigenvalue weighted by Crippen LogP contribution is -2.36. The largest absolute Gasteiger partial charge is 0.426 e. The fourth-order valence-corrected chi connectivity index (χ4v) is 3.57. The Morgan fingerprint density at radius 3 is 2.08 bits per heavy atom. The van der Waals surface area contributed by atoms with E-state index in [0.29, 0.717) is 29.2 Å². The van der Waals surface area contributed by atoms with Crippen molar-refractivity contribution in [2.75, 3.05) is 6.54 Å². The quantitative estimate of drug-likeness (QED) is 0.187. The molecule has 2 atom stereocenters. The minimum absolute atomic E-state index is 0.156. The van der Waals surface area contributed by atoms with Crippen LogP contribution in [0.5, 0.6) is 5.75 Å². The molecule has 0 heterocycles. The Hall–Kier alpha value is -3.84. The van der Waals surface area contributed by atoms with Gasteiger partial charge in [0.1, 0.15) is 5.75 Å². The first-order valence-electron chi connectivity index (χ1n) is 12.0. The molecule has 0 aliphatic heterocycles. The molecule has 7 nitrogen and oxygen atoms in total. The fraction of sp³-hybridized carbons (Fsp3) is 0.276. The van der Waals surface area contributed by atoms with Gasteiger partial charge in [-0.3, -0.25) is 4.79 Å². The van der Waals surface area contributed by atoms with E-state index in [4.69, 9.17) is 25.8 Å². The first-order chi connectivity index (χ1) is 17.8. The molecule has 0 aliphatic rings. The third-order valence-electron chi connectivity index (χ3n) is 5.45. The summed E-state index contributed by atoms with van der Waals surface area (Å²) >= 11 is 5.91. The number of nitrogens with one attached hydrogen (secondary N) is 1. The van der Waals surface area contributed by atoms with Crippen LogP contribution in [0.25, 0.3) is 0 Å².